The number of rotatable bonds is 3. The number of benzene rings is 1. The molecule has 0 saturated heterocycles. The van der Waals surface area contributed by atoms with Crippen molar-refractivity contribution >= 4 is 34.7 Å². The second-order valence-corrected chi connectivity index (χ2v) is 3.63. The average Bonchev–Trinajstić information content (AvgIpc) is 2.14. The molecule has 1 aromatic carbocycles. The van der Waals surface area contributed by atoms with E-state index in [0.717, 1.165) is 6.08 Å². The van der Waals surface area contributed by atoms with Gasteiger partial charge >= 0.3 is 5.97 Å². The highest BCUT2D eigenvalue weighted by Gasteiger charge is 2.07. The number of carbonyl (C=O) groups is 1. The third-order valence-electron chi connectivity index (χ3n) is 1.75. The van der Waals surface area contributed by atoms with E-state index in [4.69, 9.17) is 33.4 Å². The molecule has 3 nitrogen and oxygen atoms in total. The van der Waals surface area contributed by atoms with Gasteiger partial charge in [-0.1, -0.05) is 29.3 Å². The van der Waals surface area contributed by atoms with Crippen molar-refractivity contribution in [2.75, 3.05) is 6.61 Å². The van der Waals surface area contributed by atoms with Crippen LogP contribution in [0.25, 0.3) is 5.57 Å². The van der Waals surface area contributed by atoms with Crippen LogP contribution in [0.5, 0.6) is 0 Å². The lowest BCUT2D eigenvalue weighted by Gasteiger charge is -2.06. The van der Waals surface area contributed by atoms with Crippen LogP contribution in [-0.2, 0) is 4.79 Å². The molecule has 0 aliphatic carbocycles. The summed E-state index contributed by atoms with van der Waals surface area (Å²) in [6, 6.07) is 4.63. The van der Waals surface area contributed by atoms with Crippen molar-refractivity contribution in [2.45, 2.75) is 0 Å². The zero-order valence-electron chi connectivity index (χ0n) is 7.58. The molecule has 0 aliphatic rings. The van der Waals surface area contributed by atoms with Gasteiger partial charge in [-0.05, 0) is 23.3 Å². The van der Waals surface area contributed by atoms with Gasteiger partial charge in [-0.15, -0.1) is 0 Å². The standard InChI is InChI=1S/C10H8Cl2O3/c11-7-1-2-8(9(12)4-7)6(5-13)3-10(14)15/h1-4,13H,5H2,(H,14,15)/b6-3+. The summed E-state index contributed by atoms with van der Waals surface area (Å²) in [6.07, 6.45) is 0.912. The van der Waals surface area contributed by atoms with Gasteiger partial charge < -0.3 is 10.2 Å². The summed E-state index contributed by atoms with van der Waals surface area (Å²) in [5.74, 6) is -1.13. The Bertz CT molecular complexity index is 413. The molecule has 1 rings (SSSR count). The summed E-state index contributed by atoms with van der Waals surface area (Å²) >= 11 is 11.5. The van der Waals surface area contributed by atoms with Crippen LogP contribution in [-0.4, -0.2) is 22.8 Å². The smallest absolute Gasteiger partial charge is 0.328 e. The van der Waals surface area contributed by atoms with E-state index in [1.54, 1.807) is 12.1 Å². The minimum absolute atomic E-state index is 0.240. The van der Waals surface area contributed by atoms with Crippen LogP contribution >= 0.6 is 23.2 Å². The molecule has 0 saturated carbocycles. The van der Waals surface area contributed by atoms with E-state index in [1.807, 2.05) is 0 Å². The van der Waals surface area contributed by atoms with E-state index in [9.17, 15) is 4.79 Å². The maximum atomic E-state index is 10.5. The molecule has 0 atom stereocenters. The predicted molar refractivity (Wildman–Crippen MR) is 59.2 cm³/mol. The largest absolute Gasteiger partial charge is 0.478 e. The Morgan fingerprint density at radius 2 is 2.07 bits per heavy atom. The second kappa shape index (κ2) is 5.16. The molecule has 5 heteroatoms. The monoisotopic (exact) mass is 246 g/mol. The molecular formula is C10H8Cl2O3. The van der Waals surface area contributed by atoms with Crippen LogP contribution in [0, 0.1) is 0 Å². The molecule has 0 heterocycles. The first kappa shape index (κ1) is 12.0. The molecule has 0 unspecified atom stereocenters. The van der Waals surface area contributed by atoms with Gasteiger partial charge in [0.2, 0.25) is 0 Å². The van der Waals surface area contributed by atoms with Crippen molar-refractivity contribution in [3.05, 3.63) is 39.9 Å². The van der Waals surface area contributed by atoms with Crippen molar-refractivity contribution in [3.8, 4) is 0 Å². The molecular weight excluding hydrogens is 239 g/mol. The Balaban J connectivity index is 3.19. The third kappa shape index (κ3) is 3.23. The van der Waals surface area contributed by atoms with Gasteiger partial charge in [0, 0.05) is 16.1 Å². The van der Waals surface area contributed by atoms with Crippen LogP contribution in [0.2, 0.25) is 10.0 Å². The first-order valence-corrected chi connectivity index (χ1v) is 4.80. The highest BCUT2D eigenvalue weighted by molar-refractivity contribution is 6.35. The molecule has 0 aromatic heterocycles. The minimum atomic E-state index is -1.13. The van der Waals surface area contributed by atoms with E-state index in [1.165, 1.54) is 6.07 Å². The van der Waals surface area contributed by atoms with Crippen molar-refractivity contribution in [2.24, 2.45) is 0 Å². The van der Waals surface area contributed by atoms with Crippen molar-refractivity contribution < 1.29 is 15.0 Å². The van der Waals surface area contributed by atoms with Crippen molar-refractivity contribution in [3.63, 3.8) is 0 Å². The summed E-state index contributed by atoms with van der Waals surface area (Å²) in [6.45, 7) is -0.395. The Hall–Kier alpha value is -1.03. The van der Waals surface area contributed by atoms with Crippen LogP contribution in [0.1, 0.15) is 5.56 Å². The van der Waals surface area contributed by atoms with Crippen LogP contribution in [0.15, 0.2) is 24.3 Å². The molecule has 80 valence electrons. The number of aliphatic hydroxyl groups is 1. The first-order chi connectivity index (χ1) is 7.04. The third-order valence-corrected chi connectivity index (χ3v) is 2.29. The number of aliphatic hydroxyl groups excluding tert-OH is 1. The van der Waals surface area contributed by atoms with Crippen molar-refractivity contribution in [1.29, 1.82) is 0 Å². The summed E-state index contributed by atoms with van der Waals surface area (Å²) in [7, 11) is 0. The number of carboxylic acid groups (broad SMARTS) is 1. The minimum Gasteiger partial charge on any atom is -0.478 e. The lowest BCUT2D eigenvalue weighted by atomic mass is 10.1. The summed E-state index contributed by atoms with van der Waals surface area (Å²) in [5.41, 5.74) is 0.704. The molecule has 15 heavy (non-hydrogen) atoms. The highest BCUT2D eigenvalue weighted by Crippen LogP contribution is 2.26. The predicted octanol–water partition coefficient (Wildman–Crippen LogP) is 2.45. The molecule has 0 spiro atoms. The topological polar surface area (TPSA) is 57.5 Å². The first-order valence-electron chi connectivity index (χ1n) is 4.04. The fraction of sp³-hybridized carbons (Fsp3) is 0.100. The maximum absolute atomic E-state index is 10.5. The lowest BCUT2D eigenvalue weighted by molar-refractivity contribution is -0.131. The van der Waals surface area contributed by atoms with Gasteiger partial charge in [-0.3, -0.25) is 0 Å². The zero-order valence-corrected chi connectivity index (χ0v) is 9.09. The van der Waals surface area contributed by atoms with E-state index in [2.05, 4.69) is 0 Å². The molecule has 1 aromatic rings. The number of hydrogen-bond acceptors (Lipinski definition) is 2. The van der Waals surface area contributed by atoms with Crippen molar-refractivity contribution in [1.82, 2.24) is 0 Å². The molecule has 2 N–H and O–H groups in total. The van der Waals surface area contributed by atoms with E-state index >= 15 is 0 Å². The zero-order chi connectivity index (χ0) is 11.4. The van der Waals surface area contributed by atoms with Crippen LogP contribution < -0.4 is 0 Å². The fourth-order valence-corrected chi connectivity index (χ4v) is 1.64. The molecule has 0 fully saturated rings. The molecule has 0 aliphatic heterocycles. The lowest BCUT2D eigenvalue weighted by Crippen LogP contribution is -1.97. The number of aliphatic carboxylic acids is 1. The fourth-order valence-electron chi connectivity index (χ4n) is 1.11. The SMILES string of the molecule is O=C(O)/C=C(\CO)c1ccc(Cl)cc1Cl. The summed E-state index contributed by atoms with van der Waals surface area (Å²) < 4.78 is 0. The number of carboxylic acids is 1. The Labute approximate surface area is 96.6 Å². The van der Waals surface area contributed by atoms with Gasteiger partial charge in [0.05, 0.1) is 6.61 Å². The highest BCUT2D eigenvalue weighted by atomic mass is 35.5. The van der Waals surface area contributed by atoms with E-state index in [-0.39, 0.29) is 5.57 Å². The summed E-state index contributed by atoms with van der Waals surface area (Å²) in [5, 5.41) is 18.3. The Kier molecular flexibility index (Phi) is 4.15. The van der Waals surface area contributed by atoms with Gasteiger partial charge in [0.15, 0.2) is 0 Å². The maximum Gasteiger partial charge on any atom is 0.328 e. The summed E-state index contributed by atoms with van der Waals surface area (Å²) in [4.78, 5) is 10.5. The Morgan fingerprint density at radius 1 is 1.40 bits per heavy atom. The molecule has 0 bridgehead atoms. The van der Waals surface area contributed by atoms with E-state index in [0.29, 0.717) is 15.6 Å². The van der Waals surface area contributed by atoms with Gasteiger partial charge in [0.25, 0.3) is 0 Å². The van der Waals surface area contributed by atoms with Gasteiger partial charge in [-0.25, -0.2) is 4.79 Å². The molecule has 0 radical (unpaired) electrons. The van der Waals surface area contributed by atoms with Crippen LogP contribution in [0.4, 0.5) is 0 Å². The second-order valence-electron chi connectivity index (χ2n) is 2.79. The van der Waals surface area contributed by atoms with Gasteiger partial charge in [0.1, 0.15) is 0 Å². The molecule has 0 amide bonds. The van der Waals surface area contributed by atoms with Crippen LogP contribution in [0.3, 0.4) is 0 Å². The van der Waals surface area contributed by atoms with Gasteiger partial charge in [-0.2, -0.15) is 0 Å². The number of halogens is 2. The average molecular weight is 247 g/mol. The normalized spacial score (nSPS) is 11.5. The quantitative estimate of drug-likeness (QED) is 0.806. The van der Waals surface area contributed by atoms with E-state index < -0.39 is 12.6 Å². The number of hydrogen-bond donors (Lipinski definition) is 2. The Morgan fingerprint density at radius 3 is 2.53 bits per heavy atom.